The number of ether oxygens (including phenoxy) is 1. The summed E-state index contributed by atoms with van der Waals surface area (Å²) >= 11 is 0. The van der Waals surface area contributed by atoms with Gasteiger partial charge >= 0.3 is 5.97 Å². The molecule has 0 aromatic rings. The van der Waals surface area contributed by atoms with E-state index in [2.05, 4.69) is 41.5 Å². The Kier molecular flexibility index (Phi) is 6.65. The van der Waals surface area contributed by atoms with Crippen LogP contribution in [0.3, 0.4) is 0 Å². The molecule has 0 amide bonds. The number of esters is 1. The van der Waals surface area contributed by atoms with Crippen LogP contribution in [0.15, 0.2) is 0 Å². The molecule has 2 saturated carbocycles. The molecule has 0 radical (unpaired) electrons. The molecule has 0 atom stereocenters. The zero-order chi connectivity index (χ0) is 18.7. The summed E-state index contributed by atoms with van der Waals surface area (Å²) in [6.07, 6.45) is 13.8. The molecule has 0 N–H and O–H groups in total. The SMILES string of the molecule is CCC(C)(C)C(C)(C)C(=O)OC(C)(C1CCCCC1)C1CCCCC1. The van der Waals surface area contributed by atoms with Crippen molar-refractivity contribution in [1.29, 1.82) is 0 Å². The predicted molar refractivity (Wildman–Crippen MR) is 106 cm³/mol. The van der Waals surface area contributed by atoms with Gasteiger partial charge in [0.05, 0.1) is 5.41 Å². The van der Waals surface area contributed by atoms with E-state index < -0.39 is 5.41 Å². The molecule has 2 rings (SSSR count). The monoisotopic (exact) mass is 350 g/mol. The molecule has 0 aromatic carbocycles. The van der Waals surface area contributed by atoms with Gasteiger partial charge in [0.2, 0.25) is 0 Å². The lowest BCUT2D eigenvalue weighted by Crippen LogP contribution is -2.52. The van der Waals surface area contributed by atoms with Crippen molar-refractivity contribution < 1.29 is 9.53 Å². The lowest BCUT2D eigenvalue weighted by molar-refractivity contribution is -0.193. The van der Waals surface area contributed by atoms with Crippen molar-refractivity contribution in [3.63, 3.8) is 0 Å². The molecule has 25 heavy (non-hydrogen) atoms. The van der Waals surface area contributed by atoms with Crippen molar-refractivity contribution in [2.75, 3.05) is 0 Å². The molecule has 2 nitrogen and oxygen atoms in total. The zero-order valence-electron chi connectivity index (χ0n) is 17.7. The maximum absolute atomic E-state index is 13.3. The van der Waals surface area contributed by atoms with Crippen LogP contribution in [-0.4, -0.2) is 11.6 Å². The van der Waals surface area contributed by atoms with Crippen molar-refractivity contribution in [2.24, 2.45) is 22.7 Å². The highest BCUT2D eigenvalue weighted by Gasteiger charge is 2.50. The Morgan fingerprint density at radius 2 is 1.20 bits per heavy atom. The Morgan fingerprint density at radius 1 is 0.800 bits per heavy atom. The number of carbonyl (C=O) groups excluding carboxylic acids is 1. The fourth-order valence-electron chi connectivity index (χ4n) is 4.90. The van der Waals surface area contributed by atoms with Gasteiger partial charge in [-0.05, 0) is 70.1 Å². The molecule has 0 aliphatic heterocycles. The average molecular weight is 351 g/mol. The van der Waals surface area contributed by atoms with Crippen LogP contribution in [0.5, 0.6) is 0 Å². The third kappa shape index (κ3) is 4.25. The van der Waals surface area contributed by atoms with E-state index in [1.54, 1.807) is 0 Å². The predicted octanol–water partition coefficient (Wildman–Crippen LogP) is 6.91. The normalized spacial score (nSPS) is 22.0. The topological polar surface area (TPSA) is 26.3 Å². The van der Waals surface area contributed by atoms with Crippen molar-refractivity contribution in [3.05, 3.63) is 0 Å². The van der Waals surface area contributed by atoms with Gasteiger partial charge < -0.3 is 4.74 Å². The second-order valence-corrected chi connectivity index (χ2v) is 10.1. The van der Waals surface area contributed by atoms with Crippen LogP contribution in [0.1, 0.15) is 112 Å². The van der Waals surface area contributed by atoms with E-state index in [9.17, 15) is 4.79 Å². The first kappa shape index (κ1) is 20.8. The minimum Gasteiger partial charge on any atom is -0.458 e. The molecule has 2 heteroatoms. The third-order valence-corrected chi connectivity index (χ3v) is 8.23. The first-order valence-electron chi connectivity index (χ1n) is 10.9. The van der Waals surface area contributed by atoms with Crippen LogP contribution in [0.25, 0.3) is 0 Å². The Labute approximate surface area is 156 Å². The fraction of sp³-hybridized carbons (Fsp3) is 0.957. The van der Waals surface area contributed by atoms with Crippen LogP contribution < -0.4 is 0 Å². The van der Waals surface area contributed by atoms with Crippen LogP contribution >= 0.6 is 0 Å². The van der Waals surface area contributed by atoms with Crippen molar-refractivity contribution in [3.8, 4) is 0 Å². The fourth-order valence-corrected chi connectivity index (χ4v) is 4.90. The number of rotatable bonds is 6. The lowest BCUT2D eigenvalue weighted by Gasteiger charge is -2.49. The van der Waals surface area contributed by atoms with Gasteiger partial charge in [0.25, 0.3) is 0 Å². The van der Waals surface area contributed by atoms with Crippen LogP contribution in [0, 0.1) is 22.7 Å². The van der Waals surface area contributed by atoms with Gasteiger partial charge in [0.15, 0.2) is 0 Å². The maximum atomic E-state index is 13.3. The van der Waals surface area contributed by atoms with Crippen LogP contribution in [0.2, 0.25) is 0 Å². The summed E-state index contributed by atoms with van der Waals surface area (Å²) in [5.74, 6) is 1.13. The van der Waals surface area contributed by atoms with Gasteiger partial charge in [0, 0.05) is 0 Å². The molecule has 0 bridgehead atoms. The van der Waals surface area contributed by atoms with E-state index >= 15 is 0 Å². The average Bonchev–Trinajstić information content (AvgIpc) is 2.62. The molecule has 0 spiro atoms. The van der Waals surface area contributed by atoms with E-state index in [-0.39, 0.29) is 17.0 Å². The Balaban J connectivity index is 2.24. The van der Waals surface area contributed by atoms with E-state index in [4.69, 9.17) is 4.74 Å². The van der Waals surface area contributed by atoms with Crippen LogP contribution in [0.4, 0.5) is 0 Å². The summed E-state index contributed by atoms with van der Waals surface area (Å²) in [5, 5.41) is 0. The zero-order valence-corrected chi connectivity index (χ0v) is 17.7. The molecule has 0 unspecified atom stereocenters. The van der Waals surface area contributed by atoms with Gasteiger partial charge in [0.1, 0.15) is 5.60 Å². The summed E-state index contributed by atoms with van der Waals surface area (Å²) in [4.78, 5) is 13.3. The number of carbonyl (C=O) groups is 1. The minimum absolute atomic E-state index is 0.0259. The van der Waals surface area contributed by atoms with Gasteiger partial charge in [-0.15, -0.1) is 0 Å². The minimum atomic E-state index is -0.452. The van der Waals surface area contributed by atoms with Gasteiger partial charge in [-0.1, -0.05) is 59.3 Å². The first-order valence-corrected chi connectivity index (χ1v) is 10.9. The molecular weight excluding hydrogens is 308 g/mol. The second-order valence-electron chi connectivity index (χ2n) is 10.1. The molecule has 0 saturated heterocycles. The largest absolute Gasteiger partial charge is 0.458 e. The lowest BCUT2D eigenvalue weighted by atomic mass is 9.65. The molecule has 2 aliphatic rings. The van der Waals surface area contributed by atoms with Crippen LogP contribution in [-0.2, 0) is 9.53 Å². The highest BCUT2D eigenvalue weighted by Crippen LogP contribution is 2.48. The Morgan fingerprint density at radius 3 is 1.56 bits per heavy atom. The maximum Gasteiger partial charge on any atom is 0.312 e. The Hall–Kier alpha value is -0.530. The molecule has 2 fully saturated rings. The summed E-state index contributed by atoms with van der Waals surface area (Å²) < 4.78 is 6.53. The van der Waals surface area contributed by atoms with Gasteiger partial charge in [-0.2, -0.15) is 0 Å². The summed E-state index contributed by atoms with van der Waals surface area (Å²) in [6, 6.07) is 0. The summed E-state index contributed by atoms with van der Waals surface area (Å²) in [7, 11) is 0. The first-order chi connectivity index (χ1) is 11.6. The summed E-state index contributed by atoms with van der Waals surface area (Å²) in [6.45, 7) is 13.0. The Bertz CT molecular complexity index is 419. The quantitative estimate of drug-likeness (QED) is 0.486. The molecule has 146 valence electrons. The smallest absolute Gasteiger partial charge is 0.312 e. The van der Waals surface area contributed by atoms with Crippen molar-refractivity contribution in [1.82, 2.24) is 0 Å². The van der Waals surface area contributed by atoms with E-state index in [0.29, 0.717) is 11.8 Å². The van der Waals surface area contributed by atoms with E-state index in [1.165, 1.54) is 64.2 Å². The molecule has 2 aliphatic carbocycles. The third-order valence-electron chi connectivity index (χ3n) is 8.23. The van der Waals surface area contributed by atoms with Crippen molar-refractivity contribution in [2.45, 2.75) is 118 Å². The van der Waals surface area contributed by atoms with Crippen molar-refractivity contribution >= 4 is 5.97 Å². The number of hydrogen-bond acceptors (Lipinski definition) is 2. The second kappa shape index (κ2) is 8.01. The van der Waals surface area contributed by atoms with Gasteiger partial charge in [-0.3, -0.25) is 4.79 Å². The van der Waals surface area contributed by atoms with Gasteiger partial charge in [-0.25, -0.2) is 0 Å². The molecular formula is C23H42O2. The highest BCUT2D eigenvalue weighted by atomic mass is 16.6. The number of hydrogen-bond donors (Lipinski definition) is 0. The molecule has 0 aromatic heterocycles. The standard InChI is InChI=1S/C23H42O2/c1-7-21(2,3)22(4,5)20(24)25-23(6,18-14-10-8-11-15-18)19-16-12-9-13-17-19/h18-19H,7-17H2,1-6H3. The van der Waals surface area contributed by atoms with E-state index in [0.717, 1.165) is 6.42 Å². The highest BCUT2D eigenvalue weighted by molar-refractivity contribution is 5.77. The molecule has 0 heterocycles. The van der Waals surface area contributed by atoms with E-state index in [1.807, 2.05) is 0 Å². The summed E-state index contributed by atoms with van der Waals surface area (Å²) in [5.41, 5.74) is -0.768.